The second-order valence-electron chi connectivity index (χ2n) is 5.26. The minimum absolute atomic E-state index is 0.0122. The predicted octanol–water partition coefficient (Wildman–Crippen LogP) is 3.85. The molecule has 0 aromatic heterocycles. The zero-order valence-corrected chi connectivity index (χ0v) is 13.5. The number of nitrogens with zero attached hydrogens (tertiary/aromatic N) is 2. The molecule has 2 aromatic rings. The first-order valence-corrected chi connectivity index (χ1v) is 7.45. The van der Waals surface area contributed by atoms with Gasteiger partial charge in [-0.1, -0.05) is 42.5 Å². The molecule has 128 valence electrons. The van der Waals surface area contributed by atoms with Gasteiger partial charge < -0.3 is 9.64 Å². The maximum Gasteiger partial charge on any atom is 0.387 e. The van der Waals surface area contributed by atoms with Crippen LogP contribution in [-0.2, 0) is 11.3 Å². The SMILES string of the molecule is CN(Cc1ccccc1)C(=O)/C(C#N)=C/c1ccc(OC(F)F)cc1. The van der Waals surface area contributed by atoms with E-state index in [1.54, 1.807) is 7.05 Å². The van der Waals surface area contributed by atoms with Gasteiger partial charge in [-0.15, -0.1) is 0 Å². The molecule has 0 aliphatic rings. The molecule has 0 atom stereocenters. The van der Waals surface area contributed by atoms with Crippen molar-refractivity contribution in [1.82, 2.24) is 4.90 Å². The normalized spacial score (nSPS) is 11.1. The second kappa shape index (κ2) is 8.60. The molecule has 0 N–H and O–H groups in total. The number of nitriles is 1. The molecule has 0 heterocycles. The summed E-state index contributed by atoms with van der Waals surface area (Å²) in [6.45, 7) is -2.52. The molecule has 0 bridgehead atoms. The lowest BCUT2D eigenvalue weighted by atomic mass is 10.1. The number of amides is 1. The lowest BCUT2D eigenvalue weighted by molar-refractivity contribution is -0.125. The Balaban J connectivity index is 2.10. The first kappa shape index (κ1) is 18.1. The van der Waals surface area contributed by atoms with Crippen LogP contribution in [0.15, 0.2) is 60.2 Å². The Morgan fingerprint density at radius 3 is 2.40 bits per heavy atom. The van der Waals surface area contributed by atoms with Crippen LogP contribution in [0.1, 0.15) is 11.1 Å². The molecule has 2 aromatic carbocycles. The van der Waals surface area contributed by atoms with E-state index in [0.717, 1.165) is 5.56 Å². The fourth-order valence-electron chi connectivity index (χ4n) is 2.19. The summed E-state index contributed by atoms with van der Waals surface area (Å²) >= 11 is 0. The van der Waals surface area contributed by atoms with Crippen molar-refractivity contribution in [2.24, 2.45) is 0 Å². The minimum atomic E-state index is -2.90. The van der Waals surface area contributed by atoms with Gasteiger partial charge in [0.2, 0.25) is 0 Å². The molecular formula is C19H16F2N2O2. The van der Waals surface area contributed by atoms with Gasteiger partial charge in [0.25, 0.3) is 5.91 Å². The highest BCUT2D eigenvalue weighted by Gasteiger charge is 2.15. The number of carbonyl (C=O) groups is 1. The van der Waals surface area contributed by atoms with E-state index in [1.807, 2.05) is 36.4 Å². The highest BCUT2D eigenvalue weighted by molar-refractivity contribution is 6.01. The number of rotatable bonds is 6. The molecule has 0 aliphatic carbocycles. The van der Waals surface area contributed by atoms with Gasteiger partial charge in [-0.2, -0.15) is 14.0 Å². The maximum atomic E-state index is 12.4. The maximum absolute atomic E-state index is 12.4. The van der Waals surface area contributed by atoms with Crippen molar-refractivity contribution in [2.45, 2.75) is 13.2 Å². The molecule has 1 amide bonds. The molecule has 6 heteroatoms. The lowest BCUT2D eigenvalue weighted by Gasteiger charge is -2.16. The van der Waals surface area contributed by atoms with Gasteiger partial charge in [-0.05, 0) is 29.3 Å². The van der Waals surface area contributed by atoms with Crippen molar-refractivity contribution in [3.8, 4) is 11.8 Å². The standard InChI is InChI=1S/C19H16F2N2O2/c1-23(13-15-5-3-2-4-6-15)18(24)16(12-22)11-14-7-9-17(10-8-14)25-19(20)21/h2-11,19H,13H2,1H3/b16-11+. The number of benzene rings is 2. The van der Waals surface area contributed by atoms with Gasteiger partial charge in [0.1, 0.15) is 17.4 Å². The third-order valence-electron chi connectivity index (χ3n) is 3.38. The van der Waals surface area contributed by atoms with Crippen LogP contribution in [0.4, 0.5) is 8.78 Å². The van der Waals surface area contributed by atoms with E-state index in [1.165, 1.54) is 35.2 Å². The fraction of sp³-hybridized carbons (Fsp3) is 0.158. The smallest absolute Gasteiger partial charge is 0.387 e. The molecule has 0 spiro atoms. The van der Waals surface area contributed by atoms with Crippen LogP contribution in [0.2, 0.25) is 0 Å². The third-order valence-corrected chi connectivity index (χ3v) is 3.38. The lowest BCUT2D eigenvalue weighted by Crippen LogP contribution is -2.27. The van der Waals surface area contributed by atoms with E-state index in [-0.39, 0.29) is 11.3 Å². The van der Waals surface area contributed by atoms with Crippen LogP contribution < -0.4 is 4.74 Å². The van der Waals surface area contributed by atoms with Crippen LogP contribution in [0.25, 0.3) is 6.08 Å². The van der Waals surface area contributed by atoms with Crippen LogP contribution >= 0.6 is 0 Å². The topological polar surface area (TPSA) is 53.3 Å². The van der Waals surface area contributed by atoms with Gasteiger partial charge >= 0.3 is 6.61 Å². The molecule has 0 saturated heterocycles. The molecule has 0 saturated carbocycles. The molecule has 2 rings (SSSR count). The summed E-state index contributed by atoms with van der Waals surface area (Å²) in [7, 11) is 1.61. The average molecular weight is 342 g/mol. The first-order valence-electron chi connectivity index (χ1n) is 7.45. The first-order chi connectivity index (χ1) is 12.0. The summed E-state index contributed by atoms with van der Waals surface area (Å²) in [5.41, 5.74) is 1.45. The molecule has 25 heavy (non-hydrogen) atoms. The van der Waals surface area contributed by atoms with E-state index >= 15 is 0 Å². The van der Waals surface area contributed by atoms with Gasteiger partial charge in [-0.3, -0.25) is 4.79 Å². The Hall–Kier alpha value is -3.20. The van der Waals surface area contributed by atoms with Crippen molar-refractivity contribution >= 4 is 12.0 Å². The van der Waals surface area contributed by atoms with E-state index < -0.39 is 12.5 Å². The van der Waals surface area contributed by atoms with Gasteiger partial charge in [0.15, 0.2) is 0 Å². The number of alkyl halides is 2. The summed E-state index contributed by atoms with van der Waals surface area (Å²) in [4.78, 5) is 13.8. The molecule has 0 unspecified atom stereocenters. The van der Waals surface area contributed by atoms with Crippen molar-refractivity contribution in [3.05, 3.63) is 71.3 Å². The van der Waals surface area contributed by atoms with Crippen LogP contribution in [0, 0.1) is 11.3 Å². The number of carbonyl (C=O) groups excluding carboxylic acids is 1. The summed E-state index contributed by atoms with van der Waals surface area (Å²) < 4.78 is 28.5. The largest absolute Gasteiger partial charge is 0.435 e. The monoisotopic (exact) mass is 342 g/mol. The quantitative estimate of drug-likeness (QED) is 0.592. The fourth-order valence-corrected chi connectivity index (χ4v) is 2.19. The number of halogens is 2. The highest BCUT2D eigenvalue weighted by atomic mass is 19.3. The predicted molar refractivity (Wildman–Crippen MR) is 89.6 cm³/mol. The minimum Gasteiger partial charge on any atom is -0.435 e. The Labute approximate surface area is 144 Å². The van der Waals surface area contributed by atoms with E-state index in [2.05, 4.69) is 4.74 Å². The summed E-state index contributed by atoms with van der Waals surface area (Å²) in [6, 6.07) is 17.0. The van der Waals surface area contributed by atoms with Crippen molar-refractivity contribution in [3.63, 3.8) is 0 Å². The third kappa shape index (κ3) is 5.43. The zero-order valence-electron chi connectivity index (χ0n) is 13.5. The van der Waals surface area contributed by atoms with Crippen LogP contribution in [0.5, 0.6) is 5.75 Å². The zero-order chi connectivity index (χ0) is 18.2. The van der Waals surface area contributed by atoms with Gasteiger partial charge in [0, 0.05) is 13.6 Å². The Morgan fingerprint density at radius 2 is 1.84 bits per heavy atom. The Morgan fingerprint density at radius 1 is 1.20 bits per heavy atom. The number of hydrogen-bond acceptors (Lipinski definition) is 3. The number of likely N-dealkylation sites (N-methyl/N-ethyl adjacent to an activating group) is 1. The summed E-state index contributed by atoms with van der Waals surface area (Å²) in [5, 5.41) is 9.26. The molecule has 4 nitrogen and oxygen atoms in total. The van der Waals surface area contributed by atoms with E-state index in [4.69, 9.17) is 0 Å². The Bertz CT molecular complexity index is 781. The second-order valence-corrected chi connectivity index (χ2v) is 5.26. The van der Waals surface area contributed by atoms with E-state index in [9.17, 15) is 18.8 Å². The van der Waals surface area contributed by atoms with Crippen molar-refractivity contribution in [2.75, 3.05) is 7.05 Å². The molecular weight excluding hydrogens is 326 g/mol. The molecule has 0 aliphatic heterocycles. The number of hydrogen-bond donors (Lipinski definition) is 0. The van der Waals surface area contributed by atoms with Gasteiger partial charge in [0.05, 0.1) is 0 Å². The summed E-state index contributed by atoms with van der Waals surface area (Å²) in [5.74, 6) is -0.405. The van der Waals surface area contributed by atoms with Crippen LogP contribution in [-0.4, -0.2) is 24.5 Å². The molecule has 0 radical (unpaired) electrons. The van der Waals surface area contributed by atoms with E-state index in [0.29, 0.717) is 12.1 Å². The average Bonchev–Trinajstić information content (AvgIpc) is 2.61. The molecule has 0 fully saturated rings. The van der Waals surface area contributed by atoms with Gasteiger partial charge in [-0.25, -0.2) is 0 Å². The Kier molecular flexibility index (Phi) is 6.24. The van der Waals surface area contributed by atoms with Crippen LogP contribution in [0.3, 0.4) is 0 Å². The van der Waals surface area contributed by atoms with Crippen molar-refractivity contribution in [1.29, 1.82) is 5.26 Å². The number of ether oxygens (including phenoxy) is 1. The van der Waals surface area contributed by atoms with Crippen molar-refractivity contribution < 1.29 is 18.3 Å². The summed E-state index contributed by atoms with van der Waals surface area (Å²) in [6.07, 6.45) is 1.41. The highest BCUT2D eigenvalue weighted by Crippen LogP contribution is 2.17.